The molecule has 4 rings (SSSR count). The number of carbonyl (C=O) groups is 1. The highest BCUT2D eigenvalue weighted by molar-refractivity contribution is 6.06. The first-order valence-electron chi connectivity index (χ1n) is 9.39. The predicted molar refractivity (Wildman–Crippen MR) is 111 cm³/mol. The highest BCUT2D eigenvalue weighted by atomic mass is 19.1. The Morgan fingerprint density at radius 3 is 2.41 bits per heavy atom. The average molecular weight is 389 g/mol. The number of benzene rings is 3. The SMILES string of the molecule is O=C(c1ccc(F)cc1)N(CC=Cc1ccccc1)c1ccc2c(c1)OCCO2. The van der Waals surface area contributed by atoms with E-state index >= 15 is 0 Å². The number of fused-ring (bicyclic) bond motifs is 1. The Morgan fingerprint density at radius 2 is 1.66 bits per heavy atom. The minimum absolute atomic E-state index is 0.223. The van der Waals surface area contributed by atoms with E-state index in [1.165, 1.54) is 24.3 Å². The summed E-state index contributed by atoms with van der Waals surface area (Å²) in [5, 5.41) is 0. The van der Waals surface area contributed by atoms with E-state index in [4.69, 9.17) is 9.47 Å². The topological polar surface area (TPSA) is 38.8 Å². The van der Waals surface area contributed by atoms with E-state index in [9.17, 15) is 9.18 Å². The van der Waals surface area contributed by atoms with Crippen LogP contribution in [0.2, 0.25) is 0 Å². The van der Waals surface area contributed by atoms with E-state index in [1.807, 2.05) is 48.6 Å². The number of halogens is 1. The second-order valence-electron chi connectivity index (χ2n) is 6.56. The van der Waals surface area contributed by atoms with E-state index in [1.54, 1.807) is 17.0 Å². The van der Waals surface area contributed by atoms with Crippen molar-refractivity contribution in [2.45, 2.75) is 0 Å². The molecule has 0 aromatic heterocycles. The molecule has 1 aliphatic rings. The molecule has 0 spiro atoms. The number of hydrogen-bond acceptors (Lipinski definition) is 3. The maximum absolute atomic E-state index is 13.3. The van der Waals surface area contributed by atoms with Gasteiger partial charge in [0.05, 0.1) is 0 Å². The molecular weight excluding hydrogens is 369 g/mol. The van der Waals surface area contributed by atoms with Crippen molar-refractivity contribution in [2.24, 2.45) is 0 Å². The summed E-state index contributed by atoms with van der Waals surface area (Å²) in [5.74, 6) is 0.669. The molecule has 29 heavy (non-hydrogen) atoms. The Hall–Kier alpha value is -3.60. The zero-order chi connectivity index (χ0) is 20.1. The Balaban J connectivity index is 1.63. The highest BCUT2D eigenvalue weighted by Crippen LogP contribution is 2.34. The summed E-state index contributed by atoms with van der Waals surface area (Å²) in [6, 6.07) is 20.8. The van der Waals surface area contributed by atoms with E-state index in [0.717, 1.165) is 5.56 Å². The quantitative estimate of drug-likeness (QED) is 0.619. The molecule has 0 aliphatic carbocycles. The Bertz CT molecular complexity index is 1020. The number of hydrogen-bond donors (Lipinski definition) is 0. The van der Waals surface area contributed by atoms with Gasteiger partial charge in [0.1, 0.15) is 19.0 Å². The van der Waals surface area contributed by atoms with Crippen LogP contribution < -0.4 is 14.4 Å². The summed E-state index contributed by atoms with van der Waals surface area (Å²) >= 11 is 0. The van der Waals surface area contributed by atoms with Crippen molar-refractivity contribution >= 4 is 17.7 Å². The van der Waals surface area contributed by atoms with Gasteiger partial charge in [-0.2, -0.15) is 0 Å². The summed E-state index contributed by atoms with van der Waals surface area (Å²) in [6.45, 7) is 1.32. The first-order chi connectivity index (χ1) is 14.2. The van der Waals surface area contributed by atoms with Crippen LogP contribution in [-0.4, -0.2) is 25.7 Å². The molecule has 0 unspecified atom stereocenters. The monoisotopic (exact) mass is 389 g/mol. The average Bonchev–Trinajstić information content (AvgIpc) is 2.77. The first kappa shape index (κ1) is 18.7. The molecule has 146 valence electrons. The smallest absolute Gasteiger partial charge is 0.258 e. The summed E-state index contributed by atoms with van der Waals surface area (Å²) < 4.78 is 24.5. The summed E-state index contributed by atoms with van der Waals surface area (Å²) in [7, 11) is 0. The lowest BCUT2D eigenvalue weighted by molar-refractivity contribution is 0.0989. The van der Waals surface area contributed by atoms with Crippen molar-refractivity contribution in [1.82, 2.24) is 0 Å². The van der Waals surface area contributed by atoms with Gasteiger partial charge in [0.15, 0.2) is 11.5 Å². The van der Waals surface area contributed by atoms with Gasteiger partial charge in [-0.05, 0) is 42.0 Å². The molecule has 3 aromatic carbocycles. The number of ether oxygens (including phenoxy) is 2. The van der Waals surface area contributed by atoms with E-state index in [-0.39, 0.29) is 11.7 Å². The van der Waals surface area contributed by atoms with Gasteiger partial charge in [-0.3, -0.25) is 4.79 Å². The van der Waals surface area contributed by atoms with E-state index < -0.39 is 0 Å². The summed E-state index contributed by atoms with van der Waals surface area (Å²) in [4.78, 5) is 14.8. The van der Waals surface area contributed by atoms with Crippen molar-refractivity contribution < 1.29 is 18.7 Å². The lowest BCUT2D eigenvalue weighted by Gasteiger charge is -2.24. The molecule has 0 N–H and O–H groups in total. The molecule has 0 bridgehead atoms. The van der Waals surface area contributed by atoms with Crippen LogP contribution in [0.4, 0.5) is 10.1 Å². The highest BCUT2D eigenvalue weighted by Gasteiger charge is 2.20. The minimum atomic E-state index is -0.378. The van der Waals surface area contributed by atoms with Crippen LogP contribution in [0.3, 0.4) is 0 Å². The zero-order valence-electron chi connectivity index (χ0n) is 15.8. The van der Waals surface area contributed by atoms with Gasteiger partial charge in [0, 0.05) is 23.9 Å². The van der Waals surface area contributed by atoms with Crippen LogP contribution in [0, 0.1) is 5.82 Å². The van der Waals surface area contributed by atoms with E-state index in [0.29, 0.717) is 42.5 Å². The fourth-order valence-electron chi connectivity index (χ4n) is 3.11. The largest absolute Gasteiger partial charge is 0.486 e. The van der Waals surface area contributed by atoms with Crippen LogP contribution >= 0.6 is 0 Å². The number of carbonyl (C=O) groups excluding carboxylic acids is 1. The van der Waals surface area contributed by atoms with Crippen LogP contribution in [0.25, 0.3) is 6.08 Å². The van der Waals surface area contributed by atoms with Crippen molar-refractivity contribution in [3.8, 4) is 11.5 Å². The van der Waals surface area contributed by atoms with Gasteiger partial charge in [0.25, 0.3) is 5.91 Å². The van der Waals surface area contributed by atoms with Crippen molar-refractivity contribution in [3.05, 3.63) is 95.8 Å². The van der Waals surface area contributed by atoms with Gasteiger partial charge in [-0.25, -0.2) is 4.39 Å². The third kappa shape index (κ3) is 4.46. The maximum Gasteiger partial charge on any atom is 0.258 e. The maximum atomic E-state index is 13.3. The molecule has 0 saturated heterocycles. The van der Waals surface area contributed by atoms with E-state index in [2.05, 4.69) is 0 Å². The molecule has 3 aromatic rings. The molecular formula is C24H20FNO3. The Morgan fingerprint density at radius 1 is 0.931 bits per heavy atom. The predicted octanol–water partition coefficient (Wildman–Crippen LogP) is 4.96. The fraction of sp³-hybridized carbons (Fsp3) is 0.125. The number of nitrogens with zero attached hydrogens (tertiary/aromatic N) is 1. The third-order valence-electron chi connectivity index (χ3n) is 4.57. The normalized spacial score (nSPS) is 12.7. The minimum Gasteiger partial charge on any atom is -0.486 e. The number of anilines is 1. The lowest BCUT2D eigenvalue weighted by Crippen LogP contribution is -2.31. The first-order valence-corrected chi connectivity index (χ1v) is 9.39. The molecule has 1 aliphatic heterocycles. The third-order valence-corrected chi connectivity index (χ3v) is 4.57. The van der Waals surface area contributed by atoms with Gasteiger partial charge >= 0.3 is 0 Å². The van der Waals surface area contributed by atoms with Gasteiger partial charge in [0.2, 0.25) is 0 Å². The van der Waals surface area contributed by atoms with Gasteiger partial charge < -0.3 is 14.4 Å². The second kappa shape index (κ2) is 8.61. The molecule has 0 saturated carbocycles. The molecule has 0 atom stereocenters. The van der Waals surface area contributed by atoms with Crippen molar-refractivity contribution in [3.63, 3.8) is 0 Å². The van der Waals surface area contributed by atoms with Gasteiger partial charge in [-0.15, -0.1) is 0 Å². The Kier molecular flexibility index (Phi) is 5.56. The zero-order valence-corrected chi connectivity index (χ0v) is 15.8. The van der Waals surface area contributed by atoms with Crippen LogP contribution in [-0.2, 0) is 0 Å². The summed E-state index contributed by atoms with van der Waals surface area (Å²) in [6.07, 6.45) is 3.89. The van der Waals surface area contributed by atoms with Crippen LogP contribution in [0.1, 0.15) is 15.9 Å². The molecule has 0 radical (unpaired) electrons. The number of amides is 1. The molecule has 1 heterocycles. The van der Waals surface area contributed by atoms with Crippen LogP contribution in [0.15, 0.2) is 78.9 Å². The van der Waals surface area contributed by atoms with Crippen LogP contribution in [0.5, 0.6) is 11.5 Å². The number of rotatable bonds is 5. The molecule has 1 amide bonds. The Labute approximate surface area is 168 Å². The lowest BCUT2D eigenvalue weighted by atomic mass is 10.1. The van der Waals surface area contributed by atoms with Crippen molar-refractivity contribution in [1.29, 1.82) is 0 Å². The van der Waals surface area contributed by atoms with Gasteiger partial charge in [-0.1, -0.05) is 42.5 Å². The molecule has 5 heteroatoms. The summed E-state index contributed by atoms with van der Waals surface area (Å²) in [5.41, 5.74) is 2.14. The standard InChI is InChI=1S/C24H20FNO3/c25-20-10-8-19(9-11-20)24(27)26(14-4-7-18-5-2-1-3-6-18)21-12-13-22-23(17-21)29-16-15-28-22/h1-13,17H,14-16H2. The van der Waals surface area contributed by atoms with Crippen molar-refractivity contribution in [2.75, 3.05) is 24.7 Å². The fourth-order valence-corrected chi connectivity index (χ4v) is 3.11. The molecule has 0 fully saturated rings. The second-order valence-corrected chi connectivity index (χ2v) is 6.56. The molecule has 4 nitrogen and oxygen atoms in total.